The summed E-state index contributed by atoms with van der Waals surface area (Å²) in [5, 5.41) is 9.19. The van der Waals surface area contributed by atoms with Crippen LogP contribution in [0.4, 0.5) is 4.39 Å². The van der Waals surface area contributed by atoms with E-state index in [1.807, 2.05) is 30.3 Å². The third-order valence-corrected chi connectivity index (χ3v) is 3.83. The lowest BCUT2D eigenvalue weighted by molar-refractivity contribution is 0.0705. The Morgan fingerprint density at radius 3 is 2.55 bits per heavy atom. The summed E-state index contributed by atoms with van der Waals surface area (Å²) in [5.41, 5.74) is 1.24. The molecule has 116 valence electrons. The lowest BCUT2D eigenvalue weighted by atomic mass is 10.0. The zero-order valence-electron chi connectivity index (χ0n) is 12.2. The zero-order chi connectivity index (χ0) is 16.1. The first-order valence-electron chi connectivity index (χ1n) is 6.92. The van der Waals surface area contributed by atoms with Crippen molar-refractivity contribution in [2.24, 2.45) is 0 Å². The van der Waals surface area contributed by atoms with Gasteiger partial charge in [0.15, 0.2) is 0 Å². The van der Waals surface area contributed by atoms with E-state index in [0.29, 0.717) is 12.0 Å². The van der Waals surface area contributed by atoms with Gasteiger partial charge in [0.25, 0.3) is 5.91 Å². The molecule has 0 radical (unpaired) electrons. The van der Waals surface area contributed by atoms with Gasteiger partial charge in [-0.2, -0.15) is 0 Å². The summed E-state index contributed by atoms with van der Waals surface area (Å²) in [5.74, 6) is -0.833. The fraction of sp³-hybridized carbons (Fsp3) is 0.235. The summed E-state index contributed by atoms with van der Waals surface area (Å²) >= 11 is 5.73. The van der Waals surface area contributed by atoms with Crippen molar-refractivity contribution in [3.63, 3.8) is 0 Å². The number of halogens is 2. The molecule has 0 bridgehead atoms. The summed E-state index contributed by atoms with van der Waals surface area (Å²) in [6, 6.07) is 13.1. The summed E-state index contributed by atoms with van der Waals surface area (Å²) in [6.45, 7) is -0.0403. The molecule has 0 saturated heterocycles. The zero-order valence-corrected chi connectivity index (χ0v) is 12.9. The van der Waals surface area contributed by atoms with Gasteiger partial charge < -0.3 is 10.0 Å². The third-order valence-electron chi connectivity index (χ3n) is 3.54. The number of aliphatic hydroxyl groups excluding tert-OH is 1. The standard InChI is InChI=1S/C17H17ClFNO2/c1-20(16(9-10-21)12-5-3-2-4-6-12)17(22)13-7-8-15(19)14(18)11-13/h2-8,11,16,21H,9-10H2,1H3. The van der Waals surface area contributed by atoms with Gasteiger partial charge >= 0.3 is 0 Å². The molecule has 2 aromatic carbocycles. The normalized spacial score (nSPS) is 12.0. The minimum absolute atomic E-state index is 0.0403. The number of carbonyl (C=O) groups excluding carboxylic acids is 1. The van der Waals surface area contributed by atoms with Crippen LogP contribution in [0.25, 0.3) is 0 Å². The Balaban J connectivity index is 2.28. The van der Waals surface area contributed by atoms with Gasteiger partial charge in [-0.05, 0) is 30.2 Å². The van der Waals surface area contributed by atoms with Crippen molar-refractivity contribution in [3.8, 4) is 0 Å². The average Bonchev–Trinajstić information content (AvgIpc) is 2.54. The number of benzene rings is 2. The van der Waals surface area contributed by atoms with Crippen LogP contribution in [0.15, 0.2) is 48.5 Å². The van der Waals surface area contributed by atoms with Gasteiger partial charge in [0.1, 0.15) is 5.82 Å². The lowest BCUT2D eigenvalue weighted by Crippen LogP contribution is -2.32. The summed E-state index contributed by atoms with van der Waals surface area (Å²) in [7, 11) is 1.66. The first-order valence-corrected chi connectivity index (χ1v) is 7.30. The van der Waals surface area contributed by atoms with E-state index >= 15 is 0 Å². The molecule has 2 rings (SSSR count). The van der Waals surface area contributed by atoms with Gasteiger partial charge in [0, 0.05) is 19.2 Å². The highest BCUT2D eigenvalue weighted by atomic mass is 35.5. The van der Waals surface area contributed by atoms with Crippen LogP contribution in [0, 0.1) is 5.82 Å². The fourth-order valence-corrected chi connectivity index (χ4v) is 2.54. The maximum atomic E-state index is 13.2. The molecule has 0 aliphatic heterocycles. The Hall–Kier alpha value is -1.91. The van der Waals surface area contributed by atoms with Crippen LogP contribution < -0.4 is 0 Å². The summed E-state index contributed by atoms with van der Waals surface area (Å²) in [4.78, 5) is 14.1. The fourth-order valence-electron chi connectivity index (χ4n) is 2.36. The molecule has 5 heteroatoms. The van der Waals surface area contributed by atoms with Gasteiger partial charge in [0.05, 0.1) is 11.1 Å². The first-order chi connectivity index (χ1) is 10.5. The van der Waals surface area contributed by atoms with Crippen LogP contribution in [0.5, 0.6) is 0 Å². The number of rotatable bonds is 5. The smallest absolute Gasteiger partial charge is 0.254 e. The summed E-state index contributed by atoms with van der Waals surface area (Å²) < 4.78 is 13.2. The first kappa shape index (κ1) is 16.5. The highest BCUT2D eigenvalue weighted by Crippen LogP contribution is 2.25. The summed E-state index contributed by atoms with van der Waals surface area (Å²) in [6.07, 6.45) is 0.418. The van der Waals surface area contributed by atoms with E-state index in [0.717, 1.165) is 5.56 Å². The van der Waals surface area contributed by atoms with E-state index in [4.69, 9.17) is 11.6 Å². The molecule has 1 unspecified atom stereocenters. The Kier molecular flexibility index (Phi) is 5.52. The van der Waals surface area contributed by atoms with Crippen molar-refractivity contribution >= 4 is 17.5 Å². The van der Waals surface area contributed by atoms with E-state index in [1.54, 1.807) is 7.05 Å². The number of nitrogens with zero attached hydrogens (tertiary/aromatic N) is 1. The van der Waals surface area contributed by atoms with Crippen LogP contribution in [-0.4, -0.2) is 29.6 Å². The Morgan fingerprint density at radius 1 is 1.27 bits per heavy atom. The molecule has 0 aliphatic carbocycles. The molecule has 0 spiro atoms. The molecule has 22 heavy (non-hydrogen) atoms. The highest BCUT2D eigenvalue weighted by Gasteiger charge is 2.22. The van der Waals surface area contributed by atoms with E-state index in [-0.39, 0.29) is 23.6 Å². The predicted molar refractivity (Wildman–Crippen MR) is 84.4 cm³/mol. The Labute approximate surface area is 133 Å². The maximum Gasteiger partial charge on any atom is 0.254 e. The molecule has 1 N–H and O–H groups in total. The van der Waals surface area contributed by atoms with Crippen molar-refractivity contribution in [3.05, 3.63) is 70.5 Å². The van der Waals surface area contributed by atoms with Crippen molar-refractivity contribution in [2.75, 3.05) is 13.7 Å². The van der Waals surface area contributed by atoms with Crippen LogP contribution in [0.2, 0.25) is 5.02 Å². The second-order valence-corrected chi connectivity index (χ2v) is 5.39. The number of aliphatic hydroxyl groups is 1. The van der Waals surface area contributed by atoms with Crippen LogP contribution in [-0.2, 0) is 0 Å². The lowest BCUT2D eigenvalue weighted by Gasteiger charge is -2.28. The van der Waals surface area contributed by atoms with Crippen LogP contribution >= 0.6 is 11.6 Å². The van der Waals surface area contributed by atoms with Crippen molar-refractivity contribution in [1.82, 2.24) is 4.90 Å². The average molecular weight is 322 g/mol. The van der Waals surface area contributed by atoms with Gasteiger partial charge in [0.2, 0.25) is 0 Å². The molecule has 0 fully saturated rings. The van der Waals surface area contributed by atoms with Crippen LogP contribution in [0.3, 0.4) is 0 Å². The number of carbonyl (C=O) groups is 1. The predicted octanol–water partition coefficient (Wildman–Crippen LogP) is 3.67. The van der Waals surface area contributed by atoms with Gasteiger partial charge in [-0.1, -0.05) is 41.9 Å². The van der Waals surface area contributed by atoms with E-state index < -0.39 is 5.82 Å². The number of hydrogen-bond donors (Lipinski definition) is 1. The molecular weight excluding hydrogens is 305 g/mol. The Morgan fingerprint density at radius 2 is 1.95 bits per heavy atom. The molecule has 0 aromatic heterocycles. The van der Waals surface area contributed by atoms with Crippen molar-refractivity contribution in [1.29, 1.82) is 0 Å². The molecule has 0 aliphatic rings. The van der Waals surface area contributed by atoms with Crippen LogP contribution in [0.1, 0.15) is 28.4 Å². The molecule has 2 aromatic rings. The molecule has 3 nitrogen and oxygen atoms in total. The van der Waals surface area contributed by atoms with Gasteiger partial charge in [-0.25, -0.2) is 4.39 Å². The molecule has 0 saturated carbocycles. The quantitative estimate of drug-likeness (QED) is 0.912. The van der Waals surface area contributed by atoms with E-state index in [1.165, 1.54) is 23.1 Å². The van der Waals surface area contributed by atoms with E-state index in [9.17, 15) is 14.3 Å². The number of amides is 1. The highest BCUT2D eigenvalue weighted by molar-refractivity contribution is 6.31. The third kappa shape index (κ3) is 3.64. The van der Waals surface area contributed by atoms with Crippen molar-refractivity contribution in [2.45, 2.75) is 12.5 Å². The second kappa shape index (κ2) is 7.38. The maximum absolute atomic E-state index is 13.2. The van der Waals surface area contributed by atoms with Crippen molar-refractivity contribution < 1.29 is 14.3 Å². The molecule has 1 amide bonds. The minimum Gasteiger partial charge on any atom is -0.396 e. The van der Waals surface area contributed by atoms with Gasteiger partial charge in [-0.15, -0.1) is 0 Å². The second-order valence-electron chi connectivity index (χ2n) is 4.98. The minimum atomic E-state index is -0.559. The Bertz CT molecular complexity index is 648. The number of hydrogen-bond acceptors (Lipinski definition) is 2. The van der Waals surface area contributed by atoms with Gasteiger partial charge in [-0.3, -0.25) is 4.79 Å². The largest absolute Gasteiger partial charge is 0.396 e. The molecular formula is C17H17ClFNO2. The monoisotopic (exact) mass is 321 g/mol. The van der Waals surface area contributed by atoms with E-state index in [2.05, 4.69) is 0 Å². The SMILES string of the molecule is CN(C(=O)c1ccc(F)c(Cl)c1)C(CCO)c1ccccc1. The molecule has 0 heterocycles. The molecule has 1 atom stereocenters. The topological polar surface area (TPSA) is 40.5 Å².